The molecule has 0 aliphatic carbocycles. The van der Waals surface area contributed by atoms with Crippen LogP contribution in [0.4, 0.5) is 13.2 Å². The van der Waals surface area contributed by atoms with Crippen LogP contribution in [0.3, 0.4) is 0 Å². The minimum atomic E-state index is -4.34. The Morgan fingerprint density at radius 1 is 1.21 bits per heavy atom. The van der Waals surface area contributed by atoms with E-state index in [9.17, 15) is 13.2 Å². The van der Waals surface area contributed by atoms with Crippen LogP contribution in [0, 0.1) is 0 Å². The van der Waals surface area contributed by atoms with Crippen LogP contribution in [0.15, 0.2) is 46.1 Å². The molecule has 1 aliphatic rings. The lowest BCUT2D eigenvalue weighted by Crippen LogP contribution is -2.52. The maximum absolute atomic E-state index is 12.9. The SMILES string of the molecule is CCNC(=NCc1cccc(C(F)(F)F)c1)N1CCN(Cc2ccon2)CC1. The predicted octanol–water partition coefficient (Wildman–Crippen LogP) is 2.98. The topological polar surface area (TPSA) is 56.9 Å². The van der Waals surface area contributed by atoms with Gasteiger partial charge in [0.05, 0.1) is 17.8 Å². The molecule has 28 heavy (non-hydrogen) atoms. The summed E-state index contributed by atoms with van der Waals surface area (Å²) in [6, 6.07) is 7.17. The van der Waals surface area contributed by atoms with Crippen LogP contribution in [-0.4, -0.2) is 53.6 Å². The molecule has 1 aliphatic heterocycles. The number of guanidine groups is 1. The Morgan fingerprint density at radius 3 is 2.64 bits per heavy atom. The van der Waals surface area contributed by atoms with E-state index in [1.54, 1.807) is 12.3 Å². The fourth-order valence-corrected chi connectivity index (χ4v) is 3.10. The molecule has 0 amide bonds. The molecule has 9 heteroatoms. The summed E-state index contributed by atoms with van der Waals surface area (Å²) in [6.07, 6.45) is -2.78. The van der Waals surface area contributed by atoms with Gasteiger partial charge in [0.1, 0.15) is 6.26 Å². The van der Waals surface area contributed by atoms with Crippen LogP contribution < -0.4 is 5.32 Å². The zero-order valence-corrected chi connectivity index (χ0v) is 15.7. The number of alkyl halides is 3. The Morgan fingerprint density at radius 2 is 2.00 bits per heavy atom. The van der Waals surface area contributed by atoms with E-state index in [0.29, 0.717) is 12.1 Å². The molecule has 3 rings (SSSR count). The van der Waals surface area contributed by atoms with E-state index in [-0.39, 0.29) is 6.54 Å². The third kappa shape index (κ3) is 5.48. The smallest absolute Gasteiger partial charge is 0.364 e. The average Bonchev–Trinajstić information content (AvgIpc) is 3.18. The van der Waals surface area contributed by atoms with Gasteiger partial charge in [-0.3, -0.25) is 4.90 Å². The quantitative estimate of drug-likeness (QED) is 0.623. The molecule has 0 saturated carbocycles. The van der Waals surface area contributed by atoms with Crippen molar-refractivity contribution in [1.82, 2.24) is 20.3 Å². The third-order valence-electron chi connectivity index (χ3n) is 4.55. The van der Waals surface area contributed by atoms with Gasteiger partial charge in [0.2, 0.25) is 0 Å². The van der Waals surface area contributed by atoms with Gasteiger partial charge in [0.15, 0.2) is 5.96 Å². The number of hydrogen-bond acceptors (Lipinski definition) is 4. The summed E-state index contributed by atoms with van der Waals surface area (Å²) >= 11 is 0. The largest absolute Gasteiger partial charge is 0.416 e. The zero-order chi connectivity index (χ0) is 20.0. The number of aromatic nitrogens is 1. The minimum absolute atomic E-state index is 0.200. The lowest BCUT2D eigenvalue weighted by molar-refractivity contribution is -0.137. The summed E-state index contributed by atoms with van der Waals surface area (Å²) in [5.74, 6) is 0.723. The number of nitrogens with one attached hydrogen (secondary N) is 1. The summed E-state index contributed by atoms with van der Waals surface area (Å²) in [4.78, 5) is 8.97. The van der Waals surface area contributed by atoms with Crippen LogP contribution in [0.25, 0.3) is 0 Å². The van der Waals surface area contributed by atoms with E-state index in [1.165, 1.54) is 6.07 Å². The maximum atomic E-state index is 12.9. The lowest BCUT2D eigenvalue weighted by atomic mass is 10.1. The molecule has 0 spiro atoms. The zero-order valence-electron chi connectivity index (χ0n) is 15.7. The van der Waals surface area contributed by atoms with Crippen LogP contribution in [0.2, 0.25) is 0 Å². The van der Waals surface area contributed by atoms with Crippen molar-refractivity contribution in [2.24, 2.45) is 4.99 Å². The molecule has 1 aromatic carbocycles. The van der Waals surface area contributed by atoms with Crippen LogP contribution in [0.1, 0.15) is 23.7 Å². The highest BCUT2D eigenvalue weighted by molar-refractivity contribution is 5.80. The Hall–Kier alpha value is -2.55. The second-order valence-electron chi connectivity index (χ2n) is 6.62. The summed E-state index contributed by atoms with van der Waals surface area (Å²) in [6.45, 7) is 6.87. The summed E-state index contributed by atoms with van der Waals surface area (Å²) in [5, 5.41) is 7.17. The number of nitrogens with zero attached hydrogens (tertiary/aromatic N) is 4. The third-order valence-corrected chi connectivity index (χ3v) is 4.55. The molecule has 152 valence electrons. The molecule has 2 aromatic rings. The molecule has 1 N–H and O–H groups in total. The Bertz CT molecular complexity index is 768. The first-order chi connectivity index (χ1) is 13.5. The van der Waals surface area contributed by atoms with Gasteiger partial charge in [-0.25, -0.2) is 4.99 Å². The molecular weight excluding hydrogens is 371 g/mol. The van der Waals surface area contributed by atoms with Gasteiger partial charge in [-0.2, -0.15) is 13.2 Å². The van der Waals surface area contributed by atoms with Gasteiger partial charge >= 0.3 is 6.18 Å². The number of piperazine rings is 1. The summed E-state index contributed by atoms with van der Waals surface area (Å²) in [7, 11) is 0. The first kappa shape index (κ1) is 20.2. The normalized spacial score (nSPS) is 16.4. The molecule has 1 saturated heterocycles. The van der Waals surface area contributed by atoms with Crippen molar-refractivity contribution in [2.75, 3.05) is 32.7 Å². The second-order valence-corrected chi connectivity index (χ2v) is 6.62. The highest BCUT2D eigenvalue weighted by Gasteiger charge is 2.30. The monoisotopic (exact) mass is 395 g/mol. The first-order valence-corrected chi connectivity index (χ1v) is 9.26. The van der Waals surface area contributed by atoms with Gasteiger partial charge in [0.25, 0.3) is 0 Å². The van der Waals surface area contributed by atoms with E-state index in [4.69, 9.17) is 4.52 Å². The van der Waals surface area contributed by atoms with Crippen molar-refractivity contribution in [2.45, 2.75) is 26.2 Å². The van der Waals surface area contributed by atoms with Gasteiger partial charge in [0, 0.05) is 45.3 Å². The van der Waals surface area contributed by atoms with E-state index >= 15 is 0 Å². The standard InChI is InChI=1S/C19H24F3N5O/c1-2-23-18(24-13-15-4-3-5-16(12-15)19(20,21)22)27-9-7-26(8-10-27)14-17-6-11-28-25-17/h3-6,11-12H,2,7-10,13-14H2,1H3,(H,23,24). The molecule has 2 heterocycles. The fraction of sp³-hybridized carbons (Fsp3) is 0.474. The molecule has 1 fully saturated rings. The molecule has 1 aromatic heterocycles. The first-order valence-electron chi connectivity index (χ1n) is 9.26. The summed E-state index contributed by atoms with van der Waals surface area (Å²) < 4.78 is 43.5. The van der Waals surface area contributed by atoms with Crippen LogP contribution in [-0.2, 0) is 19.3 Å². The number of rotatable bonds is 5. The average molecular weight is 395 g/mol. The Balaban J connectivity index is 1.60. The van der Waals surface area contributed by atoms with Crippen molar-refractivity contribution in [3.8, 4) is 0 Å². The number of hydrogen-bond donors (Lipinski definition) is 1. The summed E-state index contributed by atoms with van der Waals surface area (Å²) in [5.41, 5.74) is 0.792. The molecule has 0 radical (unpaired) electrons. The van der Waals surface area contributed by atoms with Crippen molar-refractivity contribution in [3.63, 3.8) is 0 Å². The molecular formula is C19H24F3N5O. The number of aliphatic imine (C=N–C) groups is 1. The lowest BCUT2D eigenvalue weighted by Gasteiger charge is -2.36. The highest BCUT2D eigenvalue weighted by atomic mass is 19.4. The number of benzene rings is 1. The Labute approximate surface area is 162 Å². The van der Waals surface area contributed by atoms with Crippen molar-refractivity contribution in [3.05, 3.63) is 53.4 Å². The molecule has 0 bridgehead atoms. The molecule has 6 nitrogen and oxygen atoms in total. The Kier molecular flexibility index (Phi) is 6.56. The van der Waals surface area contributed by atoms with Crippen molar-refractivity contribution < 1.29 is 17.7 Å². The van der Waals surface area contributed by atoms with Crippen LogP contribution >= 0.6 is 0 Å². The van der Waals surface area contributed by atoms with Gasteiger partial charge in [-0.15, -0.1) is 0 Å². The van der Waals surface area contributed by atoms with E-state index in [0.717, 1.165) is 56.5 Å². The fourth-order valence-electron chi connectivity index (χ4n) is 3.10. The molecule has 0 atom stereocenters. The van der Waals surface area contributed by atoms with E-state index in [1.807, 2.05) is 13.0 Å². The number of halogens is 3. The van der Waals surface area contributed by atoms with Gasteiger partial charge in [-0.05, 0) is 24.6 Å². The van der Waals surface area contributed by atoms with E-state index < -0.39 is 11.7 Å². The molecule has 0 unspecified atom stereocenters. The van der Waals surface area contributed by atoms with Crippen molar-refractivity contribution >= 4 is 5.96 Å². The van der Waals surface area contributed by atoms with Gasteiger partial charge in [-0.1, -0.05) is 17.3 Å². The van der Waals surface area contributed by atoms with Crippen molar-refractivity contribution in [1.29, 1.82) is 0 Å². The highest BCUT2D eigenvalue weighted by Crippen LogP contribution is 2.29. The minimum Gasteiger partial charge on any atom is -0.364 e. The van der Waals surface area contributed by atoms with Gasteiger partial charge < -0.3 is 14.7 Å². The maximum Gasteiger partial charge on any atom is 0.416 e. The van der Waals surface area contributed by atoms with Crippen LogP contribution in [0.5, 0.6) is 0 Å². The second kappa shape index (κ2) is 9.09. The van der Waals surface area contributed by atoms with E-state index in [2.05, 4.69) is 25.3 Å². The predicted molar refractivity (Wildman–Crippen MR) is 99.6 cm³/mol.